The average Bonchev–Trinajstić information content (AvgIpc) is 2.67. The molecule has 3 rings (SSSR count). The molecule has 8 heteroatoms. The number of aliphatic hydroxyl groups excluding tert-OH is 1. The van der Waals surface area contributed by atoms with Gasteiger partial charge in [0, 0.05) is 12.6 Å². The van der Waals surface area contributed by atoms with Crippen molar-refractivity contribution < 1.29 is 24.5 Å². The third kappa shape index (κ3) is 3.91. The Morgan fingerprint density at radius 2 is 1.97 bits per heavy atom. The van der Waals surface area contributed by atoms with E-state index in [4.69, 9.17) is 11.6 Å². The van der Waals surface area contributed by atoms with Gasteiger partial charge in [0.1, 0.15) is 17.1 Å². The van der Waals surface area contributed by atoms with Crippen LogP contribution in [-0.4, -0.2) is 32.5 Å². The van der Waals surface area contributed by atoms with Gasteiger partial charge in [0.25, 0.3) is 0 Å². The van der Waals surface area contributed by atoms with Crippen molar-refractivity contribution in [3.05, 3.63) is 74.3 Å². The van der Waals surface area contributed by atoms with Gasteiger partial charge in [-0.1, -0.05) is 37.6 Å². The molecular formula is C22H21ClFNO5. The van der Waals surface area contributed by atoms with Gasteiger partial charge < -0.3 is 19.9 Å². The third-order valence-electron chi connectivity index (χ3n) is 5.14. The zero-order valence-corrected chi connectivity index (χ0v) is 17.2. The standard InChI is InChI=1S/C22H21ClFNO5/c1-11(2)17(10-26)25-9-15(22(29)30)21(28)14-7-12(8-18(27)20(14)25)6-13-4-3-5-16(23)19(13)24/h3-5,7-9,11,17,26-27H,6,10H2,1-2H3,(H,29,30)/t17-/m1/s1. The Balaban J connectivity index is 2.29. The van der Waals surface area contributed by atoms with Crippen molar-refractivity contribution in [2.45, 2.75) is 26.3 Å². The molecule has 0 aliphatic carbocycles. The van der Waals surface area contributed by atoms with E-state index in [0.29, 0.717) is 5.56 Å². The molecule has 0 spiro atoms. The van der Waals surface area contributed by atoms with Gasteiger partial charge in [0.15, 0.2) is 0 Å². The normalized spacial score (nSPS) is 12.5. The molecule has 0 unspecified atom stereocenters. The van der Waals surface area contributed by atoms with Crippen LogP contribution in [0, 0.1) is 11.7 Å². The molecule has 0 aliphatic heterocycles. The number of phenols is 1. The van der Waals surface area contributed by atoms with Gasteiger partial charge in [-0.15, -0.1) is 0 Å². The van der Waals surface area contributed by atoms with Crippen molar-refractivity contribution in [1.82, 2.24) is 4.57 Å². The molecular weight excluding hydrogens is 413 g/mol. The summed E-state index contributed by atoms with van der Waals surface area (Å²) in [6, 6.07) is 6.81. The van der Waals surface area contributed by atoms with E-state index in [1.165, 1.54) is 28.8 Å². The molecule has 0 radical (unpaired) electrons. The van der Waals surface area contributed by atoms with Crippen molar-refractivity contribution in [1.29, 1.82) is 0 Å². The number of phenolic OH excluding ortho intramolecular Hbond substituents is 1. The lowest BCUT2D eigenvalue weighted by molar-refractivity contribution is 0.0694. The quantitative estimate of drug-likeness (QED) is 0.546. The van der Waals surface area contributed by atoms with Crippen molar-refractivity contribution >= 4 is 28.5 Å². The summed E-state index contributed by atoms with van der Waals surface area (Å²) in [7, 11) is 0. The number of fused-ring (bicyclic) bond motifs is 1. The first-order valence-electron chi connectivity index (χ1n) is 9.33. The molecule has 0 bridgehead atoms. The van der Waals surface area contributed by atoms with Crippen LogP contribution in [0.15, 0.2) is 41.3 Å². The molecule has 158 valence electrons. The second-order valence-corrected chi connectivity index (χ2v) is 7.89. The predicted octanol–water partition coefficient (Wildman–Crippen LogP) is 3.98. The van der Waals surface area contributed by atoms with Gasteiger partial charge in [-0.05, 0) is 35.2 Å². The summed E-state index contributed by atoms with van der Waals surface area (Å²) in [5.41, 5.74) is -0.443. The van der Waals surface area contributed by atoms with Crippen molar-refractivity contribution in [2.75, 3.05) is 6.61 Å². The smallest absolute Gasteiger partial charge is 0.341 e. The molecule has 1 heterocycles. The molecule has 1 atom stereocenters. The summed E-state index contributed by atoms with van der Waals surface area (Å²) >= 11 is 5.82. The first kappa shape index (κ1) is 21.8. The van der Waals surface area contributed by atoms with Crippen molar-refractivity contribution in [3.63, 3.8) is 0 Å². The number of nitrogens with zero attached hydrogens (tertiary/aromatic N) is 1. The number of halogens is 2. The summed E-state index contributed by atoms with van der Waals surface area (Å²) in [4.78, 5) is 24.5. The Labute approximate surface area is 176 Å². The maximum Gasteiger partial charge on any atom is 0.341 e. The van der Waals surface area contributed by atoms with E-state index < -0.39 is 28.8 Å². The first-order valence-corrected chi connectivity index (χ1v) is 9.71. The van der Waals surface area contributed by atoms with E-state index in [0.717, 1.165) is 6.20 Å². The number of carboxylic acids is 1. The zero-order chi connectivity index (χ0) is 22.2. The van der Waals surface area contributed by atoms with Crippen LogP contribution in [0.4, 0.5) is 4.39 Å². The van der Waals surface area contributed by atoms with E-state index in [1.54, 1.807) is 6.07 Å². The number of hydrogen-bond donors (Lipinski definition) is 3. The Morgan fingerprint density at radius 1 is 1.27 bits per heavy atom. The first-order chi connectivity index (χ1) is 14.1. The van der Waals surface area contributed by atoms with Crippen LogP contribution in [0.5, 0.6) is 5.75 Å². The molecule has 0 saturated carbocycles. The Bertz CT molecular complexity index is 1190. The van der Waals surface area contributed by atoms with Crippen LogP contribution in [0.3, 0.4) is 0 Å². The zero-order valence-electron chi connectivity index (χ0n) is 16.4. The molecule has 2 aromatic carbocycles. The molecule has 0 aliphatic rings. The second kappa shape index (κ2) is 8.45. The molecule has 0 fully saturated rings. The Hall–Kier alpha value is -2.90. The highest BCUT2D eigenvalue weighted by Gasteiger charge is 2.23. The molecule has 1 aromatic heterocycles. The molecule has 3 N–H and O–H groups in total. The Morgan fingerprint density at radius 3 is 2.57 bits per heavy atom. The highest BCUT2D eigenvalue weighted by molar-refractivity contribution is 6.30. The van der Waals surface area contributed by atoms with E-state index in [1.807, 2.05) is 13.8 Å². The number of carbonyl (C=O) groups is 1. The number of aromatic hydroxyl groups is 1. The number of carboxylic acid groups (broad SMARTS) is 1. The lowest BCUT2D eigenvalue weighted by Gasteiger charge is -2.25. The van der Waals surface area contributed by atoms with Crippen LogP contribution in [0.2, 0.25) is 5.02 Å². The Kier molecular flexibility index (Phi) is 6.14. The van der Waals surface area contributed by atoms with Crippen LogP contribution >= 0.6 is 11.6 Å². The number of hydrogen-bond acceptors (Lipinski definition) is 4. The van der Waals surface area contributed by atoms with Crippen LogP contribution in [0.1, 0.15) is 41.4 Å². The lowest BCUT2D eigenvalue weighted by atomic mass is 9.99. The van der Waals surface area contributed by atoms with E-state index in [9.17, 15) is 29.3 Å². The molecule has 3 aromatic rings. The van der Waals surface area contributed by atoms with Crippen LogP contribution < -0.4 is 5.43 Å². The van der Waals surface area contributed by atoms with Gasteiger partial charge in [0.05, 0.1) is 28.6 Å². The maximum absolute atomic E-state index is 14.3. The van der Waals surface area contributed by atoms with E-state index in [-0.39, 0.29) is 46.2 Å². The summed E-state index contributed by atoms with van der Waals surface area (Å²) in [6.07, 6.45) is 1.18. The summed E-state index contributed by atoms with van der Waals surface area (Å²) in [5.74, 6) is -2.39. The molecule has 0 amide bonds. The van der Waals surface area contributed by atoms with Gasteiger partial charge >= 0.3 is 5.97 Å². The number of pyridine rings is 1. The van der Waals surface area contributed by atoms with Gasteiger partial charge in [-0.2, -0.15) is 0 Å². The van der Waals surface area contributed by atoms with Crippen molar-refractivity contribution in [2.24, 2.45) is 5.92 Å². The number of benzene rings is 2. The van der Waals surface area contributed by atoms with Crippen molar-refractivity contribution in [3.8, 4) is 5.75 Å². The van der Waals surface area contributed by atoms with Gasteiger partial charge in [-0.25, -0.2) is 9.18 Å². The van der Waals surface area contributed by atoms with E-state index in [2.05, 4.69) is 0 Å². The van der Waals surface area contributed by atoms with E-state index >= 15 is 0 Å². The van der Waals surface area contributed by atoms with Crippen LogP contribution in [-0.2, 0) is 6.42 Å². The highest BCUT2D eigenvalue weighted by atomic mass is 35.5. The largest absolute Gasteiger partial charge is 0.506 e. The second-order valence-electron chi connectivity index (χ2n) is 7.48. The SMILES string of the molecule is CC(C)[C@@H](CO)n1cc(C(=O)O)c(=O)c2cc(Cc3cccc(Cl)c3F)cc(O)c21. The minimum atomic E-state index is -1.41. The predicted molar refractivity (Wildman–Crippen MR) is 112 cm³/mol. The summed E-state index contributed by atoms with van der Waals surface area (Å²) < 4.78 is 15.7. The van der Waals surface area contributed by atoms with Crippen LogP contribution in [0.25, 0.3) is 10.9 Å². The minimum Gasteiger partial charge on any atom is -0.506 e. The highest BCUT2D eigenvalue weighted by Crippen LogP contribution is 2.31. The third-order valence-corrected chi connectivity index (χ3v) is 5.43. The lowest BCUT2D eigenvalue weighted by Crippen LogP contribution is -2.25. The molecule has 30 heavy (non-hydrogen) atoms. The minimum absolute atomic E-state index is 0.0218. The molecule has 0 saturated heterocycles. The number of rotatable bonds is 6. The fourth-order valence-electron chi connectivity index (χ4n) is 3.57. The summed E-state index contributed by atoms with van der Waals surface area (Å²) in [5, 5.41) is 29.9. The number of aromatic carboxylic acids is 1. The van der Waals surface area contributed by atoms with Gasteiger partial charge in [-0.3, -0.25) is 4.79 Å². The number of aliphatic hydroxyl groups is 1. The molecule has 6 nitrogen and oxygen atoms in total. The monoisotopic (exact) mass is 433 g/mol. The average molecular weight is 434 g/mol. The summed E-state index contributed by atoms with van der Waals surface area (Å²) in [6.45, 7) is 3.35. The topological polar surface area (TPSA) is 99.8 Å². The fourth-order valence-corrected chi connectivity index (χ4v) is 3.76. The van der Waals surface area contributed by atoms with Gasteiger partial charge in [0.2, 0.25) is 5.43 Å². The number of aromatic nitrogens is 1. The fraction of sp³-hybridized carbons (Fsp3) is 0.273. The maximum atomic E-state index is 14.3.